The summed E-state index contributed by atoms with van der Waals surface area (Å²) in [5.41, 5.74) is 1.65. The van der Waals surface area contributed by atoms with Gasteiger partial charge in [0.15, 0.2) is 11.6 Å². The van der Waals surface area contributed by atoms with Gasteiger partial charge in [-0.1, -0.05) is 28.9 Å². The van der Waals surface area contributed by atoms with Crippen LogP contribution in [-0.4, -0.2) is 25.3 Å². The number of hydrogen-bond donors (Lipinski definition) is 2. The topological polar surface area (TPSA) is 92.5 Å². The Morgan fingerprint density at radius 1 is 1.04 bits per heavy atom. The molecule has 2 aromatic carbocycles. The SMILES string of the molecule is Fc1ccc2[nH]nc(Nc3nc(-c4ccccc4Cl)nc4oncc34)c2c1. The molecule has 2 N–H and O–H groups in total. The lowest BCUT2D eigenvalue weighted by Crippen LogP contribution is -1.99. The lowest BCUT2D eigenvalue weighted by atomic mass is 10.2. The van der Waals surface area contributed by atoms with Crippen molar-refractivity contribution >= 4 is 45.2 Å². The van der Waals surface area contributed by atoms with Crippen LogP contribution in [0.15, 0.2) is 53.2 Å². The van der Waals surface area contributed by atoms with E-state index in [2.05, 4.69) is 30.6 Å². The van der Waals surface area contributed by atoms with Crippen LogP contribution < -0.4 is 5.32 Å². The number of nitrogens with zero attached hydrogens (tertiary/aromatic N) is 4. The van der Waals surface area contributed by atoms with Crippen molar-refractivity contribution in [2.45, 2.75) is 0 Å². The Kier molecular flexibility index (Phi) is 3.51. The van der Waals surface area contributed by atoms with E-state index in [9.17, 15) is 4.39 Å². The van der Waals surface area contributed by atoms with Gasteiger partial charge in [-0.05, 0) is 30.3 Å². The normalized spacial score (nSPS) is 11.3. The zero-order valence-electron chi connectivity index (χ0n) is 13.6. The summed E-state index contributed by atoms with van der Waals surface area (Å²) < 4.78 is 18.8. The second-order valence-corrected chi connectivity index (χ2v) is 6.21. The molecule has 3 heterocycles. The number of rotatable bonds is 3. The quantitative estimate of drug-likeness (QED) is 0.471. The number of aromatic amines is 1. The Balaban J connectivity index is 1.67. The van der Waals surface area contributed by atoms with Gasteiger partial charge in [-0.25, -0.2) is 9.37 Å². The molecule has 0 bridgehead atoms. The van der Waals surface area contributed by atoms with Crippen molar-refractivity contribution in [2.75, 3.05) is 5.32 Å². The second kappa shape index (κ2) is 6.03. The van der Waals surface area contributed by atoms with Crippen molar-refractivity contribution in [3.63, 3.8) is 0 Å². The summed E-state index contributed by atoms with van der Waals surface area (Å²) in [5, 5.41) is 15.6. The molecule has 5 aromatic rings. The first-order chi connectivity index (χ1) is 13.2. The molecule has 0 saturated carbocycles. The molecule has 0 radical (unpaired) electrons. The number of halogens is 2. The molecule has 0 aliphatic heterocycles. The summed E-state index contributed by atoms with van der Waals surface area (Å²) in [4.78, 5) is 8.93. The summed E-state index contributed by atoms with van der Waals surface area (Å²) in [7, 11) is 0. The number of hydrogen-bond acceptors (Lipinski definition) is 6. The highest BCUT2D eigenvalue weighted by Crippen LogP contribution is 2.31. The van der Waals surface area contributed by atoms with Gasteiger partial charge in [0.05, 0.1) is 16.7 Å². The van der Waals surface area contributed by atoms with Crippen LogP contribution in [0.2, 0.25) is 5.02 Å². The highest BCUT2D eigenvalue weighted by molar-refractivity contribution is 6.33. The summed E-state index contributed by atoms with van der Waals surface area (Å²) in [5.74, 6) is 0.865. The van der Waals surface area contributed by atoms with E-state index in [1.807, 2.05) is 18.2 Å². The third-order valence-electron chi connectivity index (χ3n) is 4.11. The maximum Gasteiger partial charge on any atom is 0.263 e. The molecule has 7 nitrogen and oxygen atoms in total. The Hall–Kier alpha value is -3.52. The molecular weight excluding hydrogens is 371 g/mol. The maximum atomic E-state index is 13.6. The first-order valence-electron chi connectivity index (χ1n) is 7.97. The third-order valence-corrected chi connectivity index (χ3v) is 4.44. The van der Waals surface area contributed by atoms with Crippen LogP contribution in [0.4, 0.5) is 16.0 Å². The number of benzene rings is 2. The predicted molar refractivity (Wildman–Crippen MR) is 99.4 cm³/mol. The van der Waals surface area contributed by atoms with Crippen LogP contribution in [0, 0.1) is 5.82 Å². The van der Waals surface area contributed by atoms with E-state index in [0.717, 1.165) is 0 Å². The average Bonchev–Trinajstić information content (AvgIpc) is 3.29. The third kappa shape index (κ3) is 2.67. The minimum atomic E-state index is -0.360. The molecule has 0 aliphatic rings. The van der Waals surface area contributed by atoms with Crippen molar-refractivity contribution in [2.24, 2.45) is 0 Å². The fourth-order valence-electron chi connectivity index (χ4n) is 2.82. The average molecular weight is 381 g/mol. The Morgan fingerprint density at radius 3 is 2.81 bits per heavy atom. The highest BCUT2D eigenvalue weighted by atomic mass is 35.5. The second-order valence-electron chi connectivity index (χ2n) is 5.81. The molecule has 0 unspecified atom stereocenters. The van der Waals surface area contributed by atoms with Gasteiger partial charge < -0.3 is 9.84 Å². The first-order valence-corrected chi connectivity index (χ1v) is 8.35. The molecule has 0 atom stereocenters. The number of H-pyrrole nitrogens is 1. The van der Waals surface area contributed by atoms with E-state index in [0.29, 0.717) is 50.0 Å². The zero-order chi connectivity index (χ0) is 18.4. The lowest BCUT2D eigenvalue weighted by Gasteiger charge is -2.07. The van der Waals surface area contributed by atoms with Gasteiger partial charge in [0.2, 0.25) is 0 Å². The Labute approximate surface area is 156 Å². The standard InChI is InChI=1S/C18H10ClFN6O/c19-13-4-2-1-3-10(13)15-22-16(12-8-21-27-18(12)24-15)23-17-11-7-9(20)5-6-14(11)25-26-17/h1-8H,(H2,22,23,24,25,26). The molecule has 0 spiro atoms. The van der Waals surface area contributed by atoms with E-state index in [-0.39, 0.29) is 5.82 Å². The van der Waals surface area contributed by atoms with E-state index in [4.69, 9.17) is 16.1 Å². The molecular formula is C18H10ClFN6O. The molecule has 132 valence electrons. The van der Waals surface area contributed by atoms with Crippen LogP contribution in [0.1, 0.15) is 0 Å². The van der Waals surface area contributed by atoms with E-state index < -0.39 is 0 Å². The van der Waals surface area contributed by atoms with Crippen LogP contribution in [0.5, 0.6) is 0 Å². The highest BCUT2D eigenvalue weighted by Gasteiger charge is 2.16. The number of fused-ring (bicyclic) bond motifs is 2. The van der Waals surface area contributed by atoms with Gasteiger partial charge in [0.1, 0.15) is 17.0 Å². The fraction of sp³-hybridized carbons (Fsp3) is 0. The Bertz CT molecular complexity index is 1300. The molecule has 0 saturated heterocycles. The van der Waals surface area contributed by atoms with Gasteiger partial charge >= 0.3 is 0 Å². The molecule has 5 rings (SSSR count). The molecule has 9 heteroatoms. The van der Waals surface area contributed by atoms with Crippen molar-refractivity contribution in [1.82, 2.24) is 25.3 Å². The minimum absolute atomic E-state index is 0.299. The molecule has 0 aliphatic carbocycles. The number of aromatic nitrogens is 5. The molecule has 3 aromatic heterocycles. The van der Waals surface area contributed by atoms with Gasteiger partial charge in [0, 0.05) is 10.9 Å². The number of anilines is 2. The smallest absolute Gasteiger partial charge is 0.263 e. The van der Waals surface area contributed by atoms with Gasteiger partial charge in [-0.15, -0.1) is 0 Å². The van der Waals surface area contributed by atoms with Crippen molar-refractivity contribution in [3.05, 3.63) is 59.5 Å². The monoisotopic (exact) mass is 380 g/mol. The van der Waals surface area contributed by atoms with Crippen molar-refractivity contribution < 1.29 is 8.91 Å². The zero-order valence-corrected chi connectivity index (χ0v) is 14.3. The number of nitrogens with one attached hydrogen (secondary N) is 2. The van der Waals surface area contributed by atoms with Crippen molar-refractivity contribution in [3.8, 4) is 11.4 Å². The van der Waals surface area contributed by atoms with Crippen LogP contribution in [0.25, 0.3) is 33.4 Å². The predicted octanol–water partition coefficient (Wildman–Crippen LogP) is 4.70. The molecule has 27 heavy (non-hydrogen) atoms. The molecule has 0 amide bonds. The van der Waals surface area contributed by atoms with Crippen LogP contribution in [0.3, 0.4) is 0 Å². The van der Waals surface area contributed by atoms with E-state index in [1.165, 1.54) is 18.3 Å². The first kappa shape index (κ1) is 15.7. The van der Waals surface area contributed by atoms with Crippen LogP contribution in [-0.2, 0) is 0 Å². The van der Waals surface area contributed by atoms with Crippen LogP contribution >= 0.6 is 11.6 Å². The summed E-state index contributed by atoms with van der Waals surface area (Å²) in [6.07, 6.45) is 1.50. The maximum absolute atomic E-state index is 13.6. The van der Waals surface area contributed by atoms with Gasteiger partial charge in [-0.2, -0.15) is 10.1 Å². The van der Waals surface area contributed by atoms with Gasteiger partial charge in [0.25, 0.3) is 5.71 Å². The summed E-state index contributed by atoms with van der Waals surface area (Å²) in [6.45, 7) is 0. The van der Waals surface area contributed by atoms with E-state index in [1.54, 1.807) is 12.1 Å². The summed E-state index contributed by atoms with van der Waals surface area (Å²) >= 11 is 6.27. The molecule has 0 fully saturated rings. The van der Waals surface area contributed by atoms with E-state index >= 15 is 0 Å². The summed E-state index contributed by atoms with van der Waals surface area (Å²) in [6, 6.07) is 11.6. The fourth-order valence-corrected chi connectivity index (χ4v) is 3.04. The Morgan fingerprint density at radius 2 is 1.93 bits per heavy atom. The largest absolute Gasteiger partial charge is 0.336 e. The van der Waals surface area contributed by atoms with Gasteiger partial charge in [-0.3, -0.25) is 5.10 Å². The minimum Gasteiger partial charge on any atom is -0.336 e. The lowest BCUT2D eigenvalue weighted by molar-refractivity contribution is 0.448. The van der Waals surface area contributed by atoms with Crippen molar-refractivity contribution in [1.29, 1.82) is 0 Å².